The molecule has 0 bridgehead atoms. The summed E-state index contributed by atoms with van der Waals surface area (Å²) in [5, 5.41) is 7.97. The van der Waals surface area contributed by atoms with Gasteiger partial charge >= 0.3 is 0 Å². The standard InChI is InChI=1S/C56H33N3OS/c1-3-13-34(14-4-1)35-23-25-36(26-24-35)52-55-53(43-20-10-12-22-50(43)61-55)58-56(57-52)46-33-39-15-7-8-18-41(39)51-45-32-38(28-30-49(45)60-54(46)51)37-27-29-48-44(31-37)42-19-9-11-21-47(42)59(48)40-16-5-2-6-17-40/h1-33H. The lowest BCUT2D eigenvalue weighted by atomic mass is 9.97. The molecule has 5 heteroatoms. The summed E-state index contributed by atoms with van der Waals surface area (Å²) in [6.45, 7) is 0. The summed E-state index contributed by atoms with van der Waals surface area (Å²) in [6.07, 6.45) is 0. The maximum atomic E-state index is 6.93. The number of fused-ring (bicyclic) bond motifs is 11. The molecule has 0 aliphatic rings. The molecule has 284 valence electrons. The number of hydrogen-bond donors (Lipinski definition) is 0. The highest BCUT2D eigenvalue weighted by atomic mass is 32.1. The van der Waals surface area contributed by atoms with E-state index in [-0.39, 0.29) is 0 Å². The molecule has 0 aliphatic heterocycles. The molecule has 4 aromatic heterocycles. The van der Waals surface area contributed by atoms with Gasteiger partial charge in [-0.25, -0.2) is 9.97 Å². The largest absolute Gasteiger partial charge is 0.455 e. The van der Waals surface area contributed by atoms with Crippen LogP contribution in [0.1, 0.15) is 0 Å². The highest BCUT2D eigenvalue weighted by Gasteiger charge is 2.22. The van der Waals surface area contributed by atoms with Crippen LogP contribution < -0.4 is 0 Å². The molecular formula is C56H33N3OS. The fraction of sp³-hybridized carbons (Fsp3) is 0. The Morgan fingerprint density at radius 2 is 1.07 bits per heavy atom. The summed E-state index contributed by atoms with van der Waals surface area (Å²) >= 11 is 1.75. The molecule has 0 unspecified atom stereocenters. The molecule has 0 N–H and O–H groups in total. The second-order valence-corrected chi connectivity index (χ2v) is 16.7. The lowest BCUT2D eigenvalue weighted by Gasteiger charge is -2.10. The normalized spacial score (nSPS) is 11.9. The number of hydrogen-bond acceptors (Lipinski definition) is 4. The molecular weight excluding hydrogens is 763 g/mol. The van der Waals surface area contributed by atoms with Gasteiger partial charge in [0.2, 0.25) is 0 Å². The molecule has 4 heterocycles. The molecule has 0 spiro atoms. The molecule has 0 radical (unpaired) electrons. The number of para-hydroxylation sites is 2. The first-order chi connectivity index (χ1) is 30.2. The van der Waals surface area contributed by atoms with Crippen LogP contribution in [0.25, 0.3) is 125 Å². The lowest BCUT2D eigenvalue weighted by Crippen LogP contribution is -1.94. The number of thiophene rings is 1. The van der Waals surface area contributed by atoms with E-state index in [1.165, 1.54) is 37.6 Å². The number of aromatic nitrogens is 3. The first-order valence-electron chi connectivity index (χ1n) is 20.6. The van der Waals surface area contributed by atoms with Gasteiger partial charge in [-0.05, 0) is 87.6 Å². The number of furan rings is 1. The molecule has 13 aromatic rings. The number of rotatable bonds is 5. The molecule has 9 aromatic carbocycles. The second-order valence-electron chi connectivity index (χ2n) is 15.7. The second kappa shape index (κ2) is 13.3. The summed E-state index contributed by atoms with van der Waals surface area (Å²) in [7, 11) is 0. The van der Waals surface area contributed by atoms with E-state index in [1.54, 1.807) is 11.3 Å². The quantitative estimate of drug-likeness (QED) is 0.174. The van der Waals surface area contributed by atoms with E-state index in [9.17, 15) is 0 Å². The molecule has 61 heavy (non-hydrogen) atoms. The predicted octanol–water partition coefficient (Wildman–Crippen LogP) is 15.7. The van der Waals surface area contributed by atoms with Crippen LogP contribution >= 0.6 is 11.3 Å². The Morgan fingerprint density at radius 1 is 0.443 bits per heavy atom. The van der Waals surface area contributed by atoms with Crippen LogP contribution in [-0.4, -0.2) is 14.5 Å². The van der Waals surface area contributed by atoms with E-state index >= 15 is 0 Å². The average molecular weight is 796 g/mol. The Morgan fingerprint density at radius 3 is 1.90 bits per heavy atom. The highest BCUT2D eigenvalue weighted by Crippen LogP contribution is 2.45. The average Bonchev–Trinajstić information content (AvgIpc) is 4.01. The molecule has 4 nitrogen and oxygen atoms in total. The third kappa shape index (κ3) is 5.31. The molecule has 0 fully saturated rings. The lowest BCUT2D eigenvalue weighted by molar-refractivity contribution is 0.670. The summed E-state index contributed by atoms with van der Waals surface area (Å²) < 4.78 is 11.6. The van der Waals surface area contributed by atoms with Crippen molar-refractivity contribution >= 4 is 86.2 Å². The van der Waals surface area contributed by atoms with Gasteiger partial charge in [-0.3, -0.25) is 0 Å². The van der Waals surface area contributed by atoms with Crippen LogP contribution in [0.3, 0.4) is 0 Å². The minimum Gasteiger partial charge on any atom is -0.455 e. The third-order valence-electron chi connectivity index (χ3n) is 12.2. The summed E-state index contributed by atoms with van der Waals surface area (Å²) in [5.74, 6) is 0.647. The van der Waals surface area contributed by atoms with E-state index in [0.717, 1.165) is 81.9 Å². The fourth-order valence-corrected chi connectivity index (χ4v) is 10.5. The molecule has 0 saturated heterocycles. The first-order valence-corrected chi connectivity index (χ1v) is 21.4. The smallest absolute Gasteiger partial charge is 0.164 e. The predicted molar refractivity (Wildman–Crippen MR) is 256 cm³/mol. The fourth-order valence-electron chi connectivity index (χ4n) is 9.34. The minimum absolute atomic E-state index is 0.647. The number of nitrogens with zero attached hydrogens (tertiary/aromatic N) is 3. The van der Waals surface area contributed by atoms with Gasteiger partial charge in [0.05, 0.1) is 32.5 Å². The van der Waals surface area contributed by atoms with Crippen LogP contribution in [0.15, 0.2) is 205 Å². The Labute approximate surface area is 354 Å². The van der Waals surface area contributed by atoms with E-state index in [0.29, 0.717) is 5.82 Å². The zero-order valence-corrected chi connectivity index (χ0v) is 33.5. The van der Waals surface area contributed by atoms with E-state index in [1.807, 2.05) is 0 Å². The van der Waals surface area contributed by atoms with Gasteiger partial charge in [-0.15, -0.1) is 11.3 Å². The van der Waals surface area contributed by atoms with Crippen molar-refractivity contribution in [2.24, 2.45) is 0 Å². The van der Waals surface area contributed by atoms with Crippen molar-refractivity contribution in [2.45, 2.75) is 0 Å². The van der Waals surface area contributed by atoms with Gasteiger partial charge in [0, 0.05) is 42.9 Å². The van der Waals surface area contributed by atoms with Crippen LogP contribution in [0, 0.1) is 0 Å². The molecule has 13 rings (SSSR count). The third-order valence-corrected chi connectivity index (χ3v) is 13.4. The first kappa shape index (κ1) is 34.0. The highest BCUT2D eigenvalue weighted by molar-refractivity contribution is 7.26. The van der Waals surface area contributed by atoms with Crippen LogP contribution in [-0.2, 0) is 0 Å². The van der Waals surface area contributed by atoms with E-state index < -0.39 is 0 Å². The van der Waals surface area contributed by atoms with Crippen molar-refractivity contribution < 1.29 is 4.42 Å². The van der Waals surface area contributed by atoms with Crippen molar-refractivity contribution in [3.05, 3.63) is 200 Å². The van der Waals surface area contributed by atoms with Gasteiger partial charge in [0.15, 0.2) is 5.82 Å². The van der Waals surface area contributed by atoms with Crippen LogP contribution in [0.4, 0.5) is 0 Å². The SMILES string of the molecule is c1ccc(-c2ccc(-c3nc(-c4cc5ccccc5c5c4oc4ccc(-c6ccc7c(c6)c6ccccc6n7-c6ccccc6)cc45)nc4c3sc3ccccc34)cc2)cc1. The Bertz CT molecular complexity index is 3860. The topological polar surface area (TPSA) is 43.9 Å². The monoisotopic (exact) mass is 795 g/mol. The Hall–Kier alpha value is -7.86. The molecule has 0 atom stereocenters. The van der Waals surface area contributed by atoms with Crippen LogP contribution in [0.5, 0.6) is 0 Å². The summed E-state index contributed by atoms with van der Waals surface area (Å²) in [5.41, 5.74) is 13.6. The van der Waals surface area contributed by atoms with Crippen molar-refractivity contribution in [3.8, 4) is 50.6 Å². The van der Waals surface area contributed by atoms with Gasteiger partial charge in [-0.1, -0.05) is 146 Å². The molecule has 0 saturated carbocycles. The van der Waals surface area contributed by atoms with Crippen molar-refractivity contribution in [1.29, 1.82) is 0 Å². The van der Waals surface area contributed by atoms with Crippen molar-refractivity contribution in [1.82, 2.24) is 14.5 Å². The zero-order chi connectivity index (χ0) is 40.0. The van der Waals surface area contributed by atoms with Crippen molar-refractivity contribution in [3.63, 3.8) is 0 Å². The van der Waals surface area contributed by atoms with E-state index in [2.05, 4.69) is 205 Å². The maximum Gasteiger partial charge on any atom is 0.164 e. The van der Waals surface area contributed by atoms with Gasteiger partial charge in [-0.2, -0.15) is 0 Å². The molecule has 0 amide bonds. The Kier molecular flexibility index (Phi) is 7.44. The van der Waals surface area contributed by atoms with Gasteiger partial charge in [0.1, 0.15) is 11.2 Å². The van der Waals surface area contributed by atoms with E-state index in [4.69, 9.17) is 14.4 Å². The zero-order valence-electron chi connectivity index (χ0n) is 32.7. The maximum absolute atomic E-state index is 6.93. The number of benzene rings is 9. The van der Waals surface area contributed by atoms with Gasteiger partial charge in [0.25, 0.3) is 0 Å². The van der Waals surface area contributed by atoms with Gasteiger partial charge < -0.3 is 8.98 Å². The summed E-state index contributed by atoms with van der Waals surface area (Å²) in [6, 6.07) is 71.3. The summed E-state index contributed by atoms with van der Waals surface area (Å²) in [4.78, 5) is 10.8. The van der Waals surface area contributed by atoms with Crippen molar-refractivity contribution in [2.75, 3.05) is 0 Å². The Balaban J connectivity index is 1.02. The van der Waals surface area contributed by atoms with Crippen LogP contribution in [0.2, 0.25) is 0 Å². The minimum atomic E-state index is 0.647. The molecule has 0 aliphatic carbocycles.